The van der Waals surface area contributed by atoms with Crippen LogP contribution in [0, 0.1) is 0 Å². The van der Waals surface area contributed by atoms with Gasteiger partial charge in [0.15, 0.2) is 0 Å². The lowest BCUT2D eigenvalue weighted by molar-refractivity contribution is -0.870. The number of nitrogens with zero attached hydrogens (tertiary/aromatic N) is 1. The van der Waals surface area contributed by atoms with Crippen molar-refractivity contribution < 1.29 is 37.3 Å². The molecule has 0 bridgehead atoms. The molecule has 3 atom stereocenters. The molecule has 0 radical (unpaired) electrons. The third kappa shape index (κ3) is 49.0. The first-order valence-electron chi connectivity index (χ1n) is 28.3. The standard InChI is InChI=1S/C57H109N2O7P/c1-7-10-13-16-19-22-25-28-30-31-34-37-40-43-46-49-56(60)58-54(53-65-67(62,63)64-52-51-59(4,5)6)55(48-45-42-39-36-33-27-24-21-18-15-12-9-3)66-57(61)50-47-44-41-38-35-32-29-26-23-20-17-14-11-8-2/h22,25,32,35,45,48,54-55H,7-21,23-24,26-31,33-34,36-44,46-47,49-53H2,1-6H3,(H-,58,60,62,63)/b25-22-,35-32-,48-45+. The quantitative estimate of drug-likeness (QED) is 0.0212. The van der Waals surface area contributed by atoms with Crippen LogP contribution in [0.3, 0.4) is 0 Å². The molecule has 0 aromatic heterocycles. The van der Waals surface area contributed by atoms with Gasteiger partial charge in [-0.05, 0) is 83.1 Å². The highest BCUT2D eigenvalue weighted by molar-refractivity contribution is 7.45. The number of rotatable bonds is 51. The molecule has 0 spiro atoms. The first-order chi connectivity index (χ1) is 32.4. The van der Waals surface area contributed by atoms with Crippen molar-refractivity contribution >= 4 is 19.7 Å². The Bertz CT molecular complexity index is 1250. The molecule has 0 rings (SSSR count). The SMILES string of the molecule is CCCCCC/C=C\CCCCCCCCCC(=O)NC(COP(=O)([O-])OCC[N+](C)(C)C)C(/C=C/CCCCCCCCCCCC)OC(=O)CCCCC/C=C\CCCCCCCCC. The predicted octanol–water partition coefficient (Wildman–Crippen LogP) is 16.1. The molecular formula is C57H109N2O7P. The number of carbonyl (C=O) groups excluding carboxylic acids is 2. The van der Waals surface area contributed by atoms with Crippen molar-refractivity contribution in [2.45, 2.75) is 277 Å². The van der Waals surface area contributed by atoms with E-state index in [1.807, 2.05) is 33.3 Å². The second kappa shape index (κ2) is 47.9. The number of carbonyl (C=O) groups is 2. The van der Waals surface area contributed by atoms with Crippen LogP contribution in [0.25, 0.3) is 0 Å². The van der Waals surface area contributed by atoms with Crippen LogP contribution in [0.4, 0.5) is 0 Å². The Labute approximate surface area is 415 Å². The summed E-state index contributed by atoms with van der Waals surface area (Å²) in [6, 6.07) is -0.892. The smallest absolute Gasteiger partial charge is 0.306 e. The van der Waals surface area contributed by atoms with E-state index in [0.717, 1.165) is 77.0 Å². The molecule has 1 amide bonds. The van der Waals surface area contributed by atoms with Gasteiger partial charge in [-0.3, -0.25) is 14.2 Å². The maximum absolute atomic E-state index is 13.5. The molecule has 0 aromatic rings. The molecule has 3 unspecified atom stereocenters. The number of esters is 1. The molecule has 0 aliphatic carbocycles. The third-order valence-electron chi connectivity index (χ3n) is 12.5. The first-order valence-corrected chi connectivity index (χ1v) is 29.8. The molecular weight excluding hydrogens is 856 g/mol. The van der Waals surface area contributed by atoms with Gasteiger partial charge in [-0.15, -0.1) is 0 Å². The summed E-state index contributed by atoms with van der Waals surface area (Å²) >= 11 is 0. The molecule has 67 heavy (non-hydrogen) atoms. The summed E-state index contributed by atoms with van der Waals surface area (Å²) in [4.78, 5) is 39.8. The molecule has 10 heteroatoms. The van der Waals surface area contributed by atoms with E-state index < -0.39 is 26.6 Å². The fraction of sp³-hybridized carbons (Fsp3) is 0.860. The van der Waals surface area contributed by atoms with E-state index in [2.05, 4.69) is 50.4 Å². The van der Waals surface area contributed by atoms with E-state index in [9.17, 15) is 19.0 Å². The Morgan fingerprint density at radius 2 is 0.866 bits per heavy atom. The van der Waals surface area contributed by atoms with Gasteiger partial charge in [0.1, 0.15) is 19.3 Å². The number of amides is 1. The van der Waals surface area contributed by atoms with Crippen molar-refractivity contribution in [3.8, 4) is 0 Å². The molecule has 394 valence electrons. The number of quaternary nitrogens is 1. The van der Waals surface area contributed by atoms with Crippen LogP contribution < -0.4 is 10.2 Å². The van der Waals surface area contributed by atoms with Crippen molar-refractivity contribution in [3.63, 3.8) is 0 Å². The minimum Gasteiger partial charge on any atom is -0.756 e. The zero-order valence-electron chi connectivity index (χ0n) is 44.9. The van der Waals surface area contributed by atoms with Crippen LogP contribution in [0.1, 0.15) is 265 Å². The van der Waals surface area contributed by atoms with E-state index in [0.29, 0.717) is 23.9 Å². The number of ether oxygens (including phenoxy) is 1. The summed E-state index contributed by atoms with van der Waals surface area (Å²) in [5.74, 6) is -0.559. The summed E-state index contributed by atoms with van der Waals surface area (Å²) in [5.41, 5.74) is 0. The van der Waals surface area contributed by atoms with Crippen molar-refractivity contribution in [2.75, 3.05) is 40.9 Å². The maximum Gasteiger partial charge on any atom is 0.306 e. The van der Waals surface area contributed by atoms with E-state index >= 15 is 0 Å². The summed E-state index contributed by atoms with van der Waals surface area (Å²) < 4.78 is 30.2. The van der Waals surface area contributed by atoms with Crippen LogP contribution in [-0.2, 0) is 27.9 Å². The lowest BCUT2D eigenvalue weighted by Crippen LogP contribution is -2.47. The number of hydrogen-bond donors (Lipinski definition) is 1. The minimum atomic E-state index is -4.69. The lowest BCUT2D eigenvalue weighted by atomic mass is 10.0. The van der Waals surface area contributed by atoms with Gasteiger partial charge >= 0.3 is 5.97 Å². The van der Waals surface area contributed by atoms with Crippen LogP contribution >= 0.6 is 7.82 Å². The molecule has 0 saturated heterocycles. The Kier molecular flexibility index (Phi) is 46.6. The van der Waals surface area contributed by atoms with E-state index in [1.54, 1.807) is 0 Å². The minimum absolute atomic E-state index is 0.0241. The van der Waals surface area contributed by atoms with Gasteiger partial charge in [0.05, 0.1) is 33.8 Å². The van der Waals surface area contributed by atoms with Crippen LogP contribution in [0.2, 0.25) is 0 Å². The Morgan fingerprint density at radius 1 is 0.507 bits per heavy atom. The monoisotopic (exact) mass is 965 g/mol. The van der Waals surface area contributed by atoms with Crippen molar-refractivity contribution in [2.24, 2.45) is 0 Å². The maximum atomic E-state index is 13.5. The van der Waals surface area contributed by atoms with Gasteiger partial charge in [-0.1, -0.05) is 205 Å². The highest BCUT2D eigenvalue weighted by atomic mass is 31.2. The number of unbranched alkanes of at least 4 members (excludes halogenated alkanes) is 31. The average molecular weight is 965 g/mol. The number of allylic oxidation sites excluding steroid dienone is 5. The molecule has 0 saturated carbocycles. The molecule has 0 heterocycles. The Hall–Kier alpha value is -1.77. The fourth-order valence-corrected chi connectivity index (χ4v) is 8.82. The lowest BCUT2D eigenvalue weighted by Gasteiger charge is -2.30. The van der Waals surface area contributed by atoms with E-state index in [4.69, 9.17) is 13.8 Å². The fourth-order valence-electron chi connectivity index (χ4n) is 8.10. The molecule has 9 nitrogen and oxygen atoms in total. The van der Waals surface area contributed by atoms with E-state index in [1.165, 1.54) is 148 Å². The number of likely N-dealkylation sites (N-methyl/N-ethyl adjacent to an activating group) is 1. The van der Waals surface area contributed by atoms with Crippen LogP contribution in [0.15, 0.2) is 36.5 Å². The second-order valence-electron chi connectivity index (χ2n) is 20.4. The highest BCUT2D eigenvalue weighted by Crippen LogP contribution is 2.38. The number of hydrogen-bond acceptors (Lipinski definition) is 7. The summed E-state index contributed by atoms with van der Waals surface area (Å²) in [7, 11) is 1.18. The van der Waals surface area contributed by atoms with Crippen molar-refractivity contribution in [1.29, 1.82) is 0 Å². The Morgan fingerprint density at radius 3 is 1.30 bits per heavy atom. The zero-order valence-corrected chi connectivity index (χ0v) is 45.8. The van der Waals surface area contributed by atoms with Gasteiger partial charge in [0.2, 0.25) is 5.91 Å². The van der Waals surface area contributed by atoms with Crippen molar-refractivity contribution in [3.05, 3.63) is 36.5 Å². The second-order valence-corrected chi connectivity index (χ2v) is 21.8. The zero-order chi connectivity index (χ0) is 49.4. The topological polar surface area (TPSA) is 114 Å². The number of phosphoric acid groups is 1. The molecule has 0 aliphatic rings. The molecule has 1 N–H and O–H groups in total. The van der Waals surface area contributed by atoms with Gasteiger partial charge in [-0.2, -0.15) is 0 Å². The van der Waals surface area contributed by atoms with Crippen molar-refractivity contribution in [1.82, 2.24) is 5.32 Å². The van der Waals surface area contributed by atoms with Gasteiger partial charge in [-0.25, -0.2) is 0 Å². The molecule has 0 aromatic carbocycles. The third-order valence-corrected chi connectivity index (χ3v) is 13.5. The van der Waals surface area contributed by atoms with E-state index in [-0.39, 0.29) is 24.9 Å². The summed E-state index contributed by atoms with van der Waals surface area (Å²) in [6.45, 7) is 6.82. The molecule has 0 fully saturated rings. The van der Waals surface area contributed by atoms with Crippen LogP contribution in [0.5, 0.6) is 0 Å². The normalized spacial score (nSPS) is 14.1. The van der Waals surface area contributed by atoms with Crippen LogP contribution in [-0.4, -0.2) is 69.4 Å². The average Bonchev–Trinajstić information content (AvgIpc) is 3.28. The molecule has 0 aliphatic heterocycles. The summed E-state index contributed by atoms with van der Waals surface area (Å²) in [6.07, 6.45) is 55.3. The largest absolute Gasteiger partial charge is 0.756 e. The van der Waals surface area contributed by atoms with Gasteiger partial charge in [0.25, 0.3) is 7.82 Å². The van der Waals surface area contributed by atoms with Gasteiger partial charge < -0.3 is 28.5 Å². The summed E-state index contributed by atoms with van der Waals surface area (Å²) in [5, 5.41) is 3.01. The Balaban J connectivity index is 5.39. The first kappa shape index (κ1) is 65.2. The number of phosphoric ester groups is 1. The highest BCUT2D eigenvalue weighted by Gasteiger charge is 2.27. The number of nitrogens with one attached hydrogen (secondary N) is 1. The van der Waals surface area contributed by atoms with Gasteiger partial charge in [0, 0.05) is 12.8 Å². The predicted molar refractivity (Wildman–Crippen MR) is 284 cm³/mol.